The second-order valence-corrected chi connectivity index (χ2v) is 6.55. The Balaban J connectivity index is 1.68. The number of hydrogen-bond donors (Lipinski definition) is 1. The summed E-state index contributed by atoms with van der Waals surface area (Å²) in [6.07, 6.45) is 0.258. The van der Waals surface area contributed by atoms with E-state index in [1.54, 1.807) is 12.0 Å². The van der Waals surface area contributed by atoms with Gasteiger partial charge in [-0.1, -0.05) is 29.8 Å². The van der Waals surface area contributed by atoms with Crippen LogP contribution in [-0.4, -0.2) is 43.5 Å². The minimum absolute atomic E-state index is 0.0452. The number of nitrogens with one attached hydrogen (secondary N) is 1. The summed E-state index contributed by atoms with van der Waals surface area (Å²) >= 11 is 0. The van der Waals surface area contributed by atoms with Gasteiger partial charge in [0.2, 0.25) is 11.8 Å². The lowest BCUT2D eigenvalue weighted by molar-refractivity contribution is -0.130. The van der Waals surface area contributed by atoms with E-state index >= 15 is 0 Å². The fourth-order valence-corrected chi connectivity index (χ4v) is 2.62. The molecule has 0 fully saturated rings. The molecule has 2 aromatic rings. The number of amides is 2. The number of ether oxygens (including phenoxy) is 2. The highest BCUT2D eigenvalue weighted by Crippen LogP contribution is 2.16. The lowest BCUT2D eigenvalue weighted by Gasteiger charge is -2.21. The van der Waals surface area contributed by atoms with Gasteiger partial charge >= 0.3 is 0 Å². The van der Waals surface area contributed by atoms with Crippen LogP contribution in [0.4, 0.5) is 0 Å². The van der Waals surface area contributed by atoms with Gasteiger partial charge in [-0.05, 0) is 36.8 Å². The van der Waals surface area contributed by atoms with Crippen LogP contribution in [0.3, 0.4) is 0 Å². The first-order valence-electron chi connectivity index (χ1n) is 9.32. The Kier molecular flexibility index (Phi) is 8.34. The van der Waals surface area contributed by atoms with Gasteiger partial charge in [-0.25, -0.2) is 0 Å². The number of carbonyl (C=O) groups excluding carboxylic acids is 2. The van der Waals surface area contributed by atoms with E-state index in [1.165, 1.54) is 12.5 Å². The average molecular weight is 384 g/mol. The molecular formula is C22H28N2O4. The second kappa shape index (κ2) is 11.0. The van der Waals surface area contributed by atoms with Crippen molar-refractivity contribution in [3.05, 3.63) is 59.7 Å². The second-order valence-electron chi connectivity index (χ2n) is 6.55. The Morgan fingerprint density at radius 3 is 2.25 bits per heavy atom. The zero-order chi connectivity index (χ0) is 20.4. The molecule has 6 heteroatoms. The molecule has 2 amide bonds. The van der Waals surface area contributed by atoms with Gasteiger partial charge in [-0.3, -0.25) is 9.59 Å². The lowest BCUT2D eigenvalue weighted by Crippen LogP contribution is -2.34. The molecule has 0 aliphatic rings. The fourth-order valence-electron chi connectivity index (χ4n) is 2.62. The molecule has 0 unspecified atom stereocenters. The quantitative estimate of drug-likeness (QED) is 0.640. The summed E-state index contributed by atoms with van der Waals surface area (Å²) in [6.45, 7) is 5.21. The zero-order valence-corrected chi connectivity index (χ0v) is 16.7. The first-order valence-corrected chi connectivity index (χ1v) is 9.32. The molecule has 0 atom stereocenters. The molecule has 0 spiro atoms. The summed E-state index contributed by atoms with van der Waals surface area (Å²) in [6, 6.07) is 15.3. The van der Waals surface area contributed by atoms with Crippen molar-refractivity contribution in [2.24, 2.45) is 0 Å². The summed E-state index contributed by atoms with van der Waals surface area (Å²) in [4.78, 5) is 25.6. The van der Waals surface area contributed by atoms with E-state index in [9.17, 15) is 9.59 Å². The first kappa shape index (κ1) is 21.3. The van der Waals surface area contributed by atoms with Gasteiger partial charge in [0.15, 0.2) is 0 Å². The SMILES string of the molecule is COc1ccc(OCCNC(=O)CCN(Cc2ccc(C)cc2)C(C)=O)cc1. The van der Waals surface area contributed by atoms with E-state index in [0.29, 0.717) is 26.2 Å². The molecule has 0 saturated heterocycles. The summed E-state index contributed by atoms with van der Waals surface area (Å²) in [5, 5.41) is 2.81. The Morgan fingerprint density at radius 1 is 1.00 bits per heavy atom. The van der Waals surface area contributed by atoms with E-state index in [0.717, 1.165) is 17.1 Å². The highest BCUT2D eigenvalue weighted by Gasteiger charge is 2.11. The molecule has 1 N–H and O–H groups in total. The van der Waals surface area contributed by atoms with Gasteiger partial charge in [-0.15, -0.1) is 0 Å². The van der Waals surface area contributed by atoms with E-state index < -0.39 is 0 Å². The van der Waals surface area contributed by atoms with Crippen LogP contribution in [0.5, 0.6) is 11.5 Å². The molecule has 0 aromatic heterocycles. The summed E-state index contributed by atoms with van der Waals surface area (Å²) in [5.74, 6) is 1.34. The van der Waals surface area contributed by atoms with Gasteiger partial charge in [-0.2, -0.15) is 0 Å². The standard InChI is InChI=1S/C22H28N2O4/c1-17-4-6-19(7-5-17)16-24(18(2)25)14-12-22(26)23-13-15-28-21-10-8-20(27-3)9-11-21/h4-11H,12-16H2,1-3H3,(H,23,26). The van der Waals surface area contributed by atoms with Crippen LogP contribution < -0.4 is 14.8 Å². The third kappa shape index (κ3) is 7.31. The van der Waals surface area contributed by atoms with Gasteiger partial charge < -0.3 is 19.7 Å². The number of methoxy groups -OCH3 is 1. The Bertz CT molecular complexity index is 757. The topological polar surface area (TPSA) is 67.9 Å². The van der Waals surface area contributed by atoms with Crippen LogP contribution in [0.2, 0.25) is 0 Å². The van der Waals surface area contributed by atoms with Gasteiger partial charge in [0.05, 0.1) is 13.7 Å². The third-order valence-corrected chi connectivity index (χ3v) is 4.30. The average Bonchev–Trinajstić information content (AvgIpc) is 2.70. The summed E-state index contributed by atoms with van der Waals surface area (Å²) < 4.78 is 10.7. The van der Waals surface area contributed by atoms with Crippen LogP contribution >= 0.6 is 0 Å². The van der Waals surface area contributed by atoms with Crippen molar-refractivity contribution in [3.8, 4) is 11.5 Å². The Morgan fingerprint density at radius 2 is 1.64 bits per heavy atom. The number of benzene rings is 2. The van der Waals surface area contributed by atoms with Crippen molar-refractivity contribution in [1.29, 1.82) is 0 Å². The monoisotopic (exact) mass is 384 g/mol. The molecule has 0 aliphatic carbocycles. The van der Waals surface area contributed by atoms with Gasteiger partial charge in [0.1, 0.15) is 18.1 Å². The van der Waals surface area contributed by atoms with E-state index in [1.807, 2.05) is 55.5 Å². The zero-order valence-electron chi connectivity index (χ0n) is 16.7. The molecule has 0 aliphatic heterocycles. The molecule has 0 radical (unpaired) electrons. The first-order chi connectivity index (χ1) is 13.5. The van der Waals surface area contributed by atoms with E-state index in [2.05, 4.69) is 5.32 Å². The van der Waals surface area contributed by atoms with Crippen molar-refractivity contribution in [2.45, 2.75) is 26.8 Å². The fraction of sp³-hybridized carbons (Fsp3) is 0.364. The molecule has 150 valence electrons. The molecule has 2 aromatic carbocycles. The molecule has 0 heterocycles. The normalized spacial score (nSPS) is 10.2. The summed E-state index contributed by atoms with van der Waals surface area (Å²) in [5.41, 5.74) is 2.23. The van der Waals surface area contributed by atoms with Gasteiger partial charge in [0.25, 0.3) is 0 Å². The number of carbonyl (C=O) groups is 2. The molecular weight excluding hydrogens is 356 g/mol. The number of rotatable bonds is 10. The maximum absolute atomic E-state index is 12.0. The van der Waals surface area contributed by atoms with Crippen LogP contribution in [-0.2, 0) is 16.1 Å². The van der Waals surface area contributed by atoms with Crippen molar-refractivity contribution >= 4 is 11.8 Å². The van der Waals surface area contributed by atoms with Gasteiger partial charge in [0, 0.05) is 26.4 Å². The smallest absolute Gasteiger partial charge is 0.221 e. The van der Waals surface area contributed by atoms with E-state index in [-0.39, 0.29) is 18.2 Å². The minimum atomic E-state index is -0.103. The summed E-state index contributed by atoms with van der Waals surface area (Å²) in [7, 11) is 1.61. The molecule has 2 rings (SSSR count). The molecule has 28 heavy (non-hydrogen) atoms. The predicted octanol–water partition coefficient (Wildman–Crippen LogP) is 2.94. The molecule has 6 nitrogen and oxygen atoms in total. The van der Waals surface area contributed by atoms with Crippen molar-refractivity contribution in [1.82, 2.24) is 10.2 Å². The van der Waals surface area contributed by atoms with Crippen LogP contribution in [0.25, 0.3) is 0 Å². The lowest BCUT2D eigenvalue weighted by atomic mass is 10.1. The van der Waals surface area contributed by atoms with Crippen LogP contribution in [0, 0.1) is 6.92 Å². The van der Waals surface area contributed by atoms with Crippen LogP contribution in [0.15, 0.2) is 48.5 Å². The number of hydrogen-bond acceptors (Lipinski definition) is 4. The molecule has 0 bridgehead atoms. The van der Waals surface area contributed by atoms with Crippen molar-refractivity contribution < 1.29 is 19.1 Å². The number of aryl methyl sites for hydroxylation is 1. The van der Waals surface area contributed by atoms with Crippen molar-refractivity contribution in [2.75, 3.05) is 26.8 Å². The minimum Gasteiger partial charge on any atom is -0.497 e. The van der Waals surface area contributed by atoms with E-state index in [4.69, 9.17) is 9.47 Å². The highest BCUT2D eigenvalue weighted by molar-refractivity contribution is 5.78. The Labute approximate surface area is 166 Å². The highest BCUT2D eigenvalue weighted by atomic mass is 16.5. The third-order valence-electron chi connectivity index (χ3n) is 4.30. The van der Waals surface area contributed by atoms with Crippen molar-refractivity contribution in [3.63, 3.8) is 0 Å². The Hall–Kier alpha value is -3.02. The largest absolute Gasteiger partial charge is 0.497 e. The van der Waals surface area contributed by atoms with Crippen LogP contribution in [0.1, 0.15) is 24.5 Å². The maximum Gasteiger partial charge on any atom is 0.221 e. The predicted molar refractivity (Wildman–Crippen MR) is 108 cm³/mol. The maximum atomic E-state index is 12.0. The number of nitrogens with zero attached hydrogens (tertiary/aromatic N) is 1. The molecule has 0 saturated carbocycles.